The molecular formula is C45H80NO7P. The van der Waals surface area contributed by atoms with Crippen LogP contribution in [0.25, 0.3) is 0 Å². The third-order valence-corrected chi connectivity index (χ3v) is 9.59. The molecule has 0 bridgehead atoms. The lowest BCUT2D eigenvalue weighted by atomic mass is 10.1. The standard InChI is InChI=1S/C45H80NO7P/c1-3-5-7-9-11-13-15-17-19-20-21-22-23-25-27-29-31-33-35-37-40-50-42-44(43-52-54(48,49)51-41-39-46)53-45(47)38-36-34-32-30-28-26-24-18-16-14-12-10-8-6-4-2/h5,7,11,13,17-19,21-22,24-25,27,44H,3-4,6,8-10,12,14-16,20,23,26,28-43,46H2,1-2H3,(H,48,49)/b7-5-,13-11-,19-17-,22-21-,24-18-,27-25-. The molecule has 0 aliphatic heterocycles. The van der Waals surface area contributed by atoms with Crippen LogP contribution in [0.1, 0.15) is 168 Å². The number of phosphoric ester groups is 1. The summed E-state index contributed by atoms with van der Waals surface area (Å²) in [6, 6.07) is 0. The Labute approximate surface area is 331 Å². The van der Waals surface area contributed by atoms with E-state index < -0.39 is 13.9 Å². The SMILES string of the molecule is CC/C=C\C/C=C\C/C=C\C/C=C\C/C=C\CCCCCCOCC(COP(=O)(O)OCCN)OC(=O)CCCCCCC/C=C\CCCCCCCC. The second-order valence-corrected chi connectivity index (χ2v) is 15.3. The minimum absolute atomic E-state index is 0.0910. The Hall–Kier alpha value is -2.06. The van der Waals surface area contributed by atoms with Gasteiger partial charge in [0.2, 0.25) is 0 Å². The minimum Gasteiger partial charge on any atom is -0.457 e. The first-order valence-corrected chi connectivity index (χ1v) is 22.9. The average Bonchev–Trinajstić information content (AvgIpc) is 3.16. The van der Waals surface area contributed by atoms with Crippen molar-refractivity contribution in [3.8, 4) is 0 Å². The van der Waals surface area contributed by atoms with E-state index in [0.717, 1.165) is 96.3 Å². The highest BCUT2D eigenvalue weighted by atomic mass is 31.2. The van der Waals surface area contributed by atoms with Gasteiger partial charge in [-0.3, -0.25) is 13.8 Å². The van der Waals surface area contributed by atoms with Crippen molar-refractivity contribution >= 4 is 13.8 Å². The zero-order chi connectivity index (χ0) is 39.5. The molecule has 0 rings (SSSR count). The highest BCUT2D eigenvalue weighted by molar-refractivity contribution is 7.47. The maximum Gasteiger partial charge on any atom is 0.472 e. The molecule has 0 radical (unpaired) electrons. The second kappa shape index (κ2) is 42.1. The van der Waals surface area contributed by atoms with Crippen molar-refractivity contribution < 1.29 is 32.8 Å². The van der Waals surface area contributed by atoms with E-state index in [-0.39, 0.29) is 32.3 Å². The first-order chi connectivity index (χ1) is 26.4. The number of rotatable bonds is 40. The van der Waals surface area contributed by atoms with Gasteiger partial charge in [-0.25, -0.2) is 4.57 Å². The van der Waals surface area contributed by atoms with Crippen molar-refractivity contribution in [1.82, 2.24) is 0 Å². The first-order valence-electron chi connectivity index (χ1n) is 21.4. The van der Waals surface area contributed by atoms with Crippen molar-refractivity contribution in [2.45, 2.75) is 174 Å². The van der Waals surface area contributed by atoms with Gasteiger partial charge in [-0.05, 0) is 83.5 Å². The summed E-state index contributed by atoms with van der Waals surface area (Å²) < 4.78 is 33.4. The lowest BCUT2D eigenvalue weighted by Gasteiger charge is -2.20. The molecule has 0 heterocycles. The average molecular weight is 778 g/mol. The summed E-state index contributed by atoms with van der Waals surface area (Å²) in [4.78, 5) is 22.5. The molecule has 2 unspecified atom stereocenters. The smallest absolute Gasteiger partial charge is 0.457 e. The van der Waals surface area contributed by atoms with E-state index >= 15 is 0 Å². The molecular weight excluding hydrogens is 697 g/mol. The molecule has 0 aromatic heterocycles. The number of ether oxygens (including phenoxy) is 2. The van der Waals surface area contributed by atoms with Crippen molar-refractivity contribution in [3.63, 3.8) is 0 Å². The molecule has 0 fully saturated rings. The summed E-state index contributed by atoms with van der Waals surface area (Å²) in [5.41, 5.74) is 5.36. The van der Waals surface area contributed by atoms with Gasteiger partial charge in [0.15, 0.2) is 0 Å². The molecule has 0 aliphatic carbocycles. The van der Waals surface area contributed by atoms with Crippen molar-refractivity contribution in [2.24, 2.45) is 5.73 Å². The molecule has 0 saturated heterocycles. The molecule has 0 aromatic carbocycles. The van der Waals surface area contributed by atoms with E-state index in [4.69, 9.17) is 24.3 Å². The van der Waals surface area contributed by atoms with Crippen molar-refractivity contribution in [2.75, 3.05) is 33.0 Å². The number of allylic oxidation sites excluding steroid dienone is 12. The number of carbonyl (C=O) groups excluding carboxylic acids is 1. The summed E-state index contributed by atoms with van der Waals surface area (Å²) >= 11 is 0. The Bertz CT molecular complexity index is 1050. The molecule has 0 aromatic rings. The fourth-order valence-corrected chi connectivity index (χ4v) is 6.25. The van der Waals surface area contributed by atoms with Crippen LogP contribution in [0.2, 0.25) is 0 Å². The molecule has 0 aliphatic rings. The van der Waals surface area contributed by atoms with Crippen LogP contribution in [0, 0.1) is 0 Å². The van der Waals surface area contributed by atoms with Gasteiger partial charge in [0.05, 0.1) is 19.8 Å². The monoisotopic (exact) mass is 778 g/mol. The van der Waals surface area contributed by atoms with Gasteiger partial charge < -0.3 is 20.1 Å². The first kappa shape index (κ1) is 51.9. The van der Waals surface area contributed by atoms with Crippen LogP contribution in [0.4, 0.5) is 0 Å². The Kier molecular flexibility index (Phi) is 40.5. The number of hydrogen-bond acceptors (Lipinski definition) is 7. The lowest BCUT2D eigenvalue weighted by molar-refractivity contribution is -0.154. The zero-order valence-electron chi connectivity index (χ0n) is 34.4. The number of unbranched alkanes of at least 4 members (excludes halogenated alkanes) is 15. The van der Waals surface area contributed by atoms with Crippen LogP contribution in [-0.2, 0) is 27.9 Å². The fraction of sp³-hybridized carbons (Fsp3) is 0.711. The number of phosphoric acid groups is 1. The summed E-state index contributed by atoms with van der Waals surface area (Å²) in [7, 11) is -4.29. The topological polar surface area (TPSA) is 117 Å². The molecule has 9 heteroatoms. The van der Waals surface area contributed by atoms with Gasteiger partial charge in [-0.1, -0.05) is 151 Å². The minimum atomic E-state index is -4.29. The van der Waals surface area contributed by atoms with Crippen LogP contribution < -0.4 is 5.73 Å². The van der Waals surface area contributed by atoms with Crippen LogP contribution in [0.5, 0.6) is 0 Å². The van der Waals surface area contributed by atoms with Crippen LogP contribution in [-0.4, -0.2) is 49.9 Å². The molecule has 8 nitrogen and oxygen atoms in total. The summed E-state index contributed by atoms with van der Waals surface area (Å²) in [5, 5.41) is 0. The van der Waals surface area contributed by atoms with Gasteiger partial charge in [0.25, 0.3) is 0 Å². The summed E-state index contributed by atoms with van der Waals surface area (Å²) in [6.07, 6.45) is 52.0. The molecule has 2 atom stereocenters. The van der Waals surface area contributed by atoms with E-state index in [1.807, 2.05) is 0 Å². The number of hydrogen-bond donors (Lipinski definition) is 2. The third kappa shape index (κ3) is 41.1. The van der Waals surface area contributed by atoms with E-state index in [1.54, 1.807) is 0 Å². The highest BCUT2D eigenvalue weighted by Gasteiger charge is 2.25. The van der Waals surface area contributed by atoms with Crippen molar-refractivity contribution in [1.29, 1.82) is 0 Å². The van der Waals surface area contributed by atoms with Gasteiger partial charge in [0.1, 0.15) is 6.10 Å². The number of esters is 1. The number of nitrogens with two attached hydrogens (primary N) is 1. The summed E-state index contributed by atoms with van der Waals surface area (Å²) in [6.45, 7) is 4.71. The molecule has 54 heavy (non-hydrogen) atoms. The van der Waals surface area contributed by atoms with Gasteiger partial charge >= 0.3 is 13.8 Å². The van der Waals surface area contributed by atoms with Gasteiger partial charge in [0, 0.05) is 19.6 Å². The fourth-order valence-electron chi connectivity index (χ4n) is 5.49. The Morgan fingerprint density at radius 3 is 1.57 bits per heavy atom. The van der Waals surface area contributed by atoms with Crippen molar-refractivity contribution in [3.05, 3.63) is 72.9 Å². The predicted molar refractivity (Wildman–Crippen MR) is 228 cm³/mol. The molecule has 0 spiro atoms. The van der Waals surface area contributed by atoms with E-state index in [2.05, 4.69) is 86.8 Å². The Morgan fingerprint density at radius 2 is 1.04 bits per heavy atom. The molecule has 0 saturated carbocycles. The van der Waals surface area contributed by atoms with Crippen LogP contribution in [0.3, 0.4) is 0 Å². The van der Waals surface area contributed by atoms with Gasteiger partial charge in [-0.15, -0.1) is 0 Å². The molecule has 312 valence electrons. The summed E-state index contributed by atoms with van der Waals surface area (Å²) in [5.74, 6) is -0.351. The lowest BCUT2D eigenvalue weighted by Crippen LogP contribution is -2.28. The molecule has 0 amide bonds. The normalized spacial score (nSPS) is 14.2. The maximum absolute atomic E-state index is 12.6. The van der Waals surface area contributed by atoms with Crippen LogP contribution in [0.15, 0.2) is 72.9 Å². The maximum atomic E-state index is 12.6. The Morgan fingerprint density at radius 1 is 0.574 bits per heavy atom. The third-order valence-electron chi connectivity index (χ3n) is 8.61. The molecule has 3 N–H and O–H groups in total. The van der Waals surface area contributed by atoms with E-state index in [0.29, 0.717) is 13.0 Å². The van der Waals surface area contributed by atoms with E-state index in [1.165, 1.54) is 51.4 Å². The van der Waals surface area contributed by atoms with Gasteiger partial charge in [-0.2, -0.15) is 0 Å². The van der Waals surface area contributed by atoms with E-state index in [9.17, 15) is 14.3 Å². The largest absolute Gasteiger partial charge is 0.472 e. The predicted octanol–water partition coefficient (Wildman–Crippen LogP) is 12.7. The van der Waals surface area contributed by atoms with Crippen LogP contribution >= 0.6 is 7.82 Å². The highest BCUT2D eigenvalue weighted by Crippen LogP contribution is 2.43. The zero-order valence-corrected chi connectivity index (χ0v) is 35.3. The quantitative estimate of drug-likeness (QED) is 0.0273. The Balaban J connectivity index is 4.12. The second-order valence-electron chi connectivity index (χ2n) is 13.8. The number of carbonyl (C=O) groups is 1.